The molecule has 128 valence electrons. The number of carbonyl (C=O) groups excluding carboxylic acids is 2. The minimum atomic E-state index is -1.34. The number of carbonyl (C=O) groups is 2. The minimum Gasteiger partial charge on any atom is -0.444 e. The van der Waals surface area contributed by atoms with Crippen molar-refractivity contribution in [3.05, 3.63) is 35.9 Å². The van der Waals surface area contributed by atoms with E-state index in [9.17, 15) is 14.7 Å². The molecule has 1 aromatic carbocycles. The van der Waals surface area contributed by atoms with Crippen LogP contribution >= 0.6 is 0 Å². The summed E-state index contributed by atoms with van der Waals surface area (Å²) in [7, 11) is 0. The fourth-order valence-electron chi connectivity index (χ4n) is 1.94. The third-order valence-electron chi connectivity index (χ3n) is 3.10. The summed E-state index contributed by atoms with van der Waals surface area (Å²) in [6.45, 7) is 7.33. The summed E-state index contributed by atoms with van der Waals surface area (Å²) in [4.78, 5) is 23.8. The second kappa shape index (κ2) is 8.53. The highest BCUT2D eigenvalue weighted by Crippen LogP contribution is 2.08. The number of aliphatic hydroxyl groups is 1. The first kappa shape index (κ1) is 19.0. The first-order valence-electron chi connectivity index (χ1n) is 7.72. The molecule has 0 fully saturated rings. The molecule has 23 heavy (non-hydrogen) atoms. The summed E-state index contributed by atoms with van der Waals surface area (Å²) in [6.07, 6.45) is -1.59. The fourth-order valence-corrected chi connectivity index (χ4v) is 1.94. The molecule has 6 nitrogen and oxygen atoms in total. The molecule has 0 aliphatic rings. The van der Waals surface area contributed by atoms with Gasteiger partial charge in [0, 0.05) is 6.54 Å². The van der Waals surface area contributed by atoms with Crippen molar-refractivity contribution in [1.29, 1.82) is 0 Å². The highest BCUT2D eigenvalue weighted by molar-refractivity contribution is 5.82. The summed E-state index contributed by atoms with van der Waals surface area (Å²) in [6, 6.07) is 8.68. The molecule has 6 heteroatoms. The summed E-state index contributed by atoms with van der Waals surface area (Å²) < 4.78 is 5.14. The number of hydrogen-bond donors (Lipinski definition) is 3. The van der Waals surface area contributed by atoms with Crippen molar-refractivity contribution >= 4 is 12.0 Å². The van der Waals surface area contributed by atoms with Crippen LogP contribution in [0.15, 0.2) is 30.3 Å². The Kier molecular flexibility index (Phi) is 7.03. The number of aliphatic hydroxyl groups excluding tert-OH is 1. The Hall–Kier alpha value is -2.08. The minimum absolute atomic E-state index is 0.319. The van der Waals surface area contributed by atoms with Crippen LogP contribution in [0.4, 0.5) is 4.79 Å². The lowest BCUT2D eigenvalue weighted by Gasteiger charge is -2.25. The van der Waals surface area contributed by atoms with Crippen molar-refractivity contribution in [3.8, 4) is 0 Å². The van der Waals surface area contributed by atoms with Gasteiger partial charge in [-0.1, -0.05) is 37.3 Å². The van der Waals surface area contributed by atoms with Crippen LogP contribution in [0.2, 0.25) is 0 Å². The Balaban J connectivity index is 2.52. The van der Waals surface area contributed by atoms with Gasteiger partial charge < -0.3 is 20.5 Å². The molecular weight excluding hydrogens is 296 g/mol. The predicted octanol–water partition coefficient (Wildman–Crippen LogP) is 1.97. The maximum absolute atomic E-state index is 12.0. The van der Waals surface area contributed by atoms with E-state index in [0.29, 0.717) is 13.0 Å². The maximum atomic E-state index is 12.0. The monoisotopic (exact) mass is 322 g/mol. The van der Waals surface area contributed by atoms with Crippen LogP contribution in [-0.2, 0) is 16.1 Å². The van der Waals surface area contributed by atoms with Gasteiger partial charge in [-0.3, -0.25) is 4.79 Å². The van der Waals surface area contributed by atoms with Gasteiger partial charge in [0.25, 0.3) is 5.91 Å². The van der Waals surface area contributed by atoms with E-state index in [-0.39, 0.29) is 0 Å². The quantitative estimate of drug-likeness (QED) is 0.747. The normalized spacial score (nSPS) is 13.8. The van der Waals surface area contributed by atoms with E-state index in [1.165, 1.54) is 0 Å². The predicted molar refractivity (Wildman–Crippen MR) is 87.7 cm³/mol. The van der Waals surface area contributed by atoms with Gasteiger partial charge in [-0.05, 0) is 32.8 Å². The van der Waals surface area contributed by atoms with Crippen molar-refractivity contribution in [3.63, 3.8) is 0 Å². The van der Waals surface area contributed by atoms with Gasteiger partial charge in [0.1, 0.15) is 5.60 Å². The number of ether oxygens (including phenoxy) is 1. The van der Waals surface area contributed by atoms with Gasteiger partial charge >= 0.3 is 6.09 Å². The zero-order valence-corrected chi connectivity index (χ0v) is 14.1. The summed E-state index contributed by atoms with van der Waals surface area (Å²) in [5.41, 5.74) is 0.296. The molecule has 0 aliphatic carbocycles. The summed E-state index contributed by atoms with van der Waals surface area (Å²) in [5, 5.41) is 15.3. The van der Waals surface area contributed by atoms with Crippen molar-refractivity contribution in [1.82, 2.24) is 10.6 Å². The second-order valence-electron chi connectivity index (χ2n) is 6.31. The summed E-state index contributed by atoms with van der Waals surface area (Å²) >= 11 is 0. The third-order valence-corrected chi connectivity index (χ3v) is 3.10. The first-order valence-corrected chi connectivity index (χ1v) is 7.72. The highest BCUT2D eigenvalue weighted by Gasteiger charge is 2.27. The topological polar surface area (TPSA) is 87.7 Å². The zero-order valence-electron chi connectivity index (χ0n) is 14.1. The molecule has 0 spiro atoms. The van der Waals surface area contributed by atoms with Crippen molar-refractivity contribution in [2.75, 3.05) is 0 Å². The van der Waals surface area contributed by atoms with E-state index in [1.54, 1.807) is 27.7 Å². The molecule has 2 atom stereocenters. The van der Waals surface area contributed by atoms with Crippen molar-refractivity contribution in [2.24, 2.45) is 0 Å². The number of hydrogen-bond acceptors (Lipinski definition) is 4. The van der Waals surface area contributed by atoms with E-state index in [4.69, 9.17) is 4.74 Å². The van der Waals surface area contributed by atoms with Crippen molar-refractivity contribution < 1.29 is 19.4 Å². The number of benzene rings is 1. The molecule has 1 aromatic rings. The van der Waals surface area contributed by atoms with Crippen molar-refractivity contribution in [2.45, 2.75) is 58.4 Å². The van der Waals surface area contributed by atoms with E-state index >= 15 is 0 Å². The Morgan fingerprint density at radius 1 is 1.22 bits per heavy atom. The lowest BCUT2D eigenvalue weighted by Crippen LogP contribution is -2.51. The van der Waals surface area contributed by atoms with E-state index in [1.807, 2.05) is 30.3 Å². The standard InChI is InChI=1S/C17H26N2O4/c1-5-13(19-16(22)23-17(2,3)4)14(20)15(21)18-11-12-9-7-6-8-10-12/h6-10,13-14,20H,5,11H2,1-4H3,(H,18,21)(H,19,22)/t13-,14?/m0/s1. The fraction of sp³-hybridized carbons (Fsp3) is 0.529. The number of amides is 2. The lowest BCUT2D eigenvalue weighted by molar-refractivity contribution is -0.130. The number of rotatable bonds is 6. The molecule has 2 amide bonds. The van der Waals surface area contributed by atoms with Crippen LogP contribution in [0.25, 0.3) is 0 Å². The van der Waals surface area contributed by atoms with Crippen LogP contribution in [0.1, 0.15) is 39.7 Å². The molecule has 0 bridgehead atoms. The first-order chi connectivity index (χ1) is 10.7. The van der Waals surface area contributed by atoms with Crippen LogP contribution in [-0.4, -0.2) is 34.9 Å². The Morgan fingerprint density at radius 3 is 2.35 bits per heavy atom. The maximum Gasteiger partial charge on any atom is 0.407 e. The Labute approximate surface area is 137 Å². The lowest BCUT2D eigenvalue weighted by atomic mass is 10.1. The molecular formula is C17H26N2O4. The molecule has 0 aromatic heterocycles. The molecule has 0 aliphatic heterocycles. The SMILES string of the molecule is CC[C@H](NC(=O)OC(C)(C)C)C(O)C(=O)NCc1ccccc1. The van der Waals surface area contributed by atoms with Gasteiger partial charge in [0.2, 0.25) is 0 Å². The Morgan fingerprint density at radius 2 is 1.83 bits per heavy atom. The van der Waals surface area contributed by atoms with E-state index in [0.717, 1.165) is 5.56 Å². The second-order valence-corrected chi connectivity index (χ2v) is 6.31. The van der Waals surface area contributed by atoms with Crippen LogP contribution < -0.4 is 10.6 Å². The number of alkyl carbamates (subject to hydrolysis) is 1. The molecule has 0 heterocycles. The van der Waals surface area contributed by atoms with Crippen LogP contribution in [0.5, 0.6) is 0 Å². The summed E-state index contributed by atoms with van der Waals surface area (Å²) in [5.74, 6) is -0.531. The van der Waals surface area contributed by atoms with E-state index < -0.39 is 29.7 Å². The zero-order chi connectivity index (χ0) is 17.5. The molecule has 1 unspecified atom stereocenters. The highest BCUT2D eigenvalue weighted by atomic mass is 16.6. The van der Waals surface area contributed by atoms with E-state index in [2.05, 4.69) is 10.6 Å². The van der Waals surface area contributed by atoms with Gasteiger partial charge in [0.05, 0.1) is 6.04 Å². The molecule has 3 N–H and O–H groups in total. The van der Waals surface area contributed by atoms with Crippen LogP contribution in [0, 0.1) is 0 Å². The molecule has 0 saturated heterocycles. The third kappa shape index (κ3) is 7.15. The molecule has 0 saturated carbocycles. The molecule has 0 radical (unpaired) electrons. The Bertz CT molecular complexity index is 511. The number of nitrogens with one attached hydrogen (secondary N) is 2. The molecule has 1 rings (SSSR count). The van der Waals surface area contributed by atoms with Gasteiger partial charge in [-0.25, -0.2) is 4.79 Å². The average Bonchev–Trinajstić information content (AvgIpc) is 2.48. The van der Waals surface area contributed by atoms with Gasteiger partial charge in [-0.15, -0.1) is 0 Å². The smallest absolute Gasteiger partial charge is 0.407 e. The van der Waals surface area contributed by atoms with Crippen LogP contribution in [0.3, 0.4) is 0 Å². The van der Waals surface area contributed by atoms with Gasteiger partial charge in [0.15, 0.2) is 6.10 Å². The van der Waals surface area contributed by atoms with Gasteiger partial charge in [-0.2, -0.15) is 0 Å². The largest absolute Gasteiger partial charge is 0.444 e. The average molecular weight is 322 g/mol.